The Morgan fingerprint density at radius 2 is 1.71 bits per heavy atom. The van der Waals surface area contributed by atoms with Gasteiger partial charge in [0, 0.05) is 0 Å². The van der Waals surface area contributed by atoms with Crippen molar-refractivity contribution >= 4 is 11.7 Å². The van der Waals surface area contributed by atoms with Gasteiger partial charge in [-0.05, 0) is 34.6 Å². The third-order valence-electron chi connectivity index (χ3n) is 1.93. The standard InChI is InChI=1S/C10H19NO3/c1-6(2)14-10(4,5)8(7(3)12)9(11)13/h6,8H,1-5H3,(H2,11,13). The van der Waals surface area contributed by atoms with Crippen molar-refractivity contribution in [3.63, 3.8) is 0 Å². The summed E-state index contributed by atoms with van der Waals surface area (Å²) in [6.45, 7) is 8.44. The molecule has 1 unspecified atom stereocenters. The van der Waals surface area contributed by atoms with E-state index in [1.165, 1.54) is 6.92 Å². The van der Waals surface area contributed by atoms with E-state index in [2.05, 4.69) is 0 Å². The summed E-state index contributed by atoms with van der Waals surface area (Å²) in [7, 11) is 0. The number of carbonyl (C=O) groups excluding carboxylic acids is 2. The average Bonchev–Trinajstić information content (AvgIpc) is 1.77. The Hall–Kier alpha value is -0.900. The van der Waals surface area contributed by atoms with E-state index in [4.69, 9.17) is 10.5 Å². The van der Waals surface area contributed by atoms with Gasteiger partial charge in [-0.3, -0.25) is 9.59 Å². The second kappa shape index (κ2) is 4.55. The van der Waals surface area contributed by atoms with Crippen molar-refractivity contribution in [3.05, 3.63) is 0 Å². The molecule has 0 saturated carbocycles. The van der Waals surface area contributed by atoms with Crippen LogP contribution in [0.3, 0.4) is 0 Å². The first-order chi connectivity index (χ1) is 6.18. The predicted octanol–water partition coefficient (Wildman–Crippen LogP) is 0.880. The second-order valence-electron chi connectivity index (χ2n) is 4.22. The van der Waals surface area contributed by atoms with Crippen molar-refractivity contribution in [2.24, 2.45) is 11.7 Å². The van der Waals surface area contributed by atoms with E-state index in [0.29, 0.717) is 0 Å². The molecule has 0 aliphatic carbocycles. The summed E-state index contributed by atoms with van der Waals surface area (Å²) >= 11 is 0. The highest BCUT2D eigenvalue weighted by molar-refractivity contribution is 6.00. The number of Topliss-reactive ketones (excluding diaryl/α,β-unsaturated/α-hetero) is 1. The predicted molar refractivity (Wildman–Crippen MR) is 53.7 cm³/mol. The molecule has 0 aromatic rings. The Balaban J connectivity index is 4.80. The summed E-state index contributed by atoms with van der Waals surface area (Å²) in [6, 6.07) is 0. The summed E-state index contributed by atoms with van der Waals surface area (Å²) in [5.74, 6) is -1.78. The molecular weight excluding hydrogens is 182 g/mol. The van der Waals surface area contributed by atoms with Gasteiger partial charge in [0.15, 0.2) is 0 Å². The topological polar surface area (TPSA) is 69.4 Å². The molecule has 0 heterocycles. The van der Waals surface area contributed by atoms with E-state index in [1.54, 1.807) is 13.8 Å². The zero-order valence-electron chi connectivity index (χ0n) is 9.46. The monoisotopic (exact) mass is 201 g/mol. The van der Waals surface area contributed by atoms with Crippen LogP contribution in [0.5, 0.6) is 0 Å². The van der Waals surface area contributed by atoms with Crippen LogP contribution in [0.15, 0.2) is 0 Å². The zero-order chi connectivity index (χ0) is 11.5. The van der Waals surface area contributed by atoms with E-state index in [9.17, 15) is 9.59 Å². The summed E-state index contributed by atoms with van der Waals surface area (Å²) < 4.78 is 5.50. The first-order valence-electron chi connectivity index (χ1n) is 4.66. The summed E-state index contributed by atoms with van der Waals surface area (Å²) in [6.07, 6.45) is -0.0498. The highest BCUT2D eigenvalue weighted by Crippen LogP contribution is 2.23. The molecule has 0 radical (unpaired) electrons. The van der Waals surface area contributed by atoms with Crippen LogP contribution in [-0.2, 0) is 14.3 Å². The number of hydrogen-bond donors (Lipinski definition) is 1. The number of nitrogens with two attached hydrogens (primary N) is 1. The lowest BCUT2D eigenvalue weighted by Crippen LogP contribution is -2.47. The van der Waals surface area contributed by atoms with Gasteiger partial charge in [0.2, 0.25) is 5.91 Å². The fraction of sp³-hybridized carbons (Fsp3) is 0.800. The molecule has 0 saturated heterocycles. The molecule has 0 spiro atoms. The molecule has 82 valence electrons. The Morgan fingerprint density at radius 1 is 1.29 bits per heavy atom. The lowest BCUT2D eigenvalue weighted by atomic mass is 9.87. The molecule has 0 rings (SSSR count). The maximum absolute atomic E-state index is 11.2. The third-order valence-corrected chi connectivity index (χ3v) is 1.93. The number of hydrogen-bond acceptors (Lipinski definition) is 3. The number of rotatable bonds is 5. The van der Waals surface area contributed by atoms with E-state index < -0.39 is 17.4 Å². The molecule has 4 heteroatoms. The smallest absolute Gasteiger partial charge is 0.230 e. The number of carbonyl (C=O) groups is 2. The SMILES string of the molecule is CC(=O)C(C(N)=O)C(C)(C)OC(C)C. The molecule has 0 aliphatic heterocycles. The molecule has 1 amide bonds. The Bertz CT molecular complexity index is 220. The van der Waals surface area contributed by atoms with Gasteiger partial charge in [-0.15, -0.1) is 0 Å². The average molecular weight is 201 g/mol. The lowest BCUT2D eigenvalue weighted by molar-refractivity contribution is -0.149. The van der Waals surface area contributed by atoms with Crippen molar-refractivity contribution < 1.29 is 14.3 Å². The highest BCUT2D eigenvalue weighted by atomic mass is 16.5. The summed E-state index contributed by atoms with van der Waals surface area (Å²) in [4.78, 5) is 22.3. The second-order valence-corrected chi connectivity index (χ2v) is 4.22. The van der Waals surface area contributed by atoms with Gasteiger partial charge in [-0.2, -0.15) is 0 Å². The molecule has 0 bridgehead atoms. The van der Waals surface area contributed by atoms with Crippen LogP contribution in [-0.4, -0.2) is 23.4 Å². The minimum Gasteiger partial charge on any atom is -0.372 e. The molecule has 1 atom stereocenters. The van der Waals surface area contributed by atoms with Crippen molar-refractivity contribution in [1.29, 1.82) is 0 Å². The molecule has 0 aliphatic rings. The van der Waals surface area contributed by atoms with E-state index in [0.717, 1.165) is 0 Å². The molecule has 2 N–H and O–H groups in total. The first-order valence-corrected chi connectivity index (χ1v) is 4.66. The van der Waals surface area contributed by atoms with Crippen LogP contribution in [0, 0.1) is 5.92 Å². The molecular formula is C10H19NO3. The fourth-order valence-electron chi connectivity index (χ4n) is 1.71. The largest absolute Gasteiger partial charge is 0.372 e. The minimum atomic E-state index is -0.884. The maximum Gasteiger partial charge on any atom is 0.230 e. The molecule has 0 aromatic carbocycles. The number of amides is 1. The van der Waals surface area contributed by atoms with E-state index in [1.807, 2.05) is 13.8 Å². The van der Waals surface area contributed by atoms with Crippen molar-refractivity contribution in [2.45, 2.75) is 46.3 Å². The van der Waals surface area contributed by atoms with E-state index >= 15 is 0 Å². The first kappa shape index (κ1) is 13.1. The number of ether oxygens (including phenoxy) is 1. The van der Waals surface area contributed by atoms with Crippen LogP contribution in [0.4, 0.5) is 0 Å². The van der Waals surface area contributed by atoms with Crippen LogP contribution in [0.2, 0.25) is 0 Å². The van der Waals surface area contributed by atoms with Gasteiger partial charge in [0.05, 0.1) is 11.7 Å². The van der Waals surface area contributed by atoms with Gasteiger partial charge in [-0.25, -0.2) is 0 Å². The van der Waals surface area contributed by atoms with Gasteiger partial charge in [-0.1, -0.05) is 0 Å². The molecule has 14 heavy (non-hydrogen) atoms. The van der Waals surface area contributed by atoms with Crippen molar-refractivity contribution in [3.8, 4) is 0 Å². The number of ketones is 1. The minimum absolute atomic E-state index is 0.0498. The highest BCUT2D eigenvalue weighted by Gasteiger charge is 2.38. The fourth-order valence-corrected chi connectivity index (χ4v) is 1.71. The molecule has 0 fully saturated rings. The van der Waals surface area contributed by atoms with Gasteiger partial charge in [0.25, 0.3) is 0 Å². The normalized spacial score (nSPS) is 14.1. The Morgan fingerprint density at radius 3 is 1.93 bits per heavy atom. The van der Waals surface area contributed by atoms with Crippen molar-refractivity contribution in [2.75, 3.05) is 0 Å². The van der Waals surface area contributed by atoms with Gasteiger partial charge in [0.1, 0.15) is 11.7 Å². The quantitative estimate of drug-likeness (QED) is 0.671. The van der Waals surface area contributed by atoms with Gasteiger partial charge >= 0.3 is 0 Å². The Labute approximate surface area is 84.8 Å². The maximum atomic E-state index is 11.2. The zero-order valence-corrected chi connectivity index (χ0v) is 9.46. The summed E-state index contributed by atoms with van der Waals surface area (Å²) in [5.41, 5.74) is 4.32. The van der Waals surface area contributed by atoms with Crippen molar-refractivity contribution in [1.82, 2.24) is 0 Å². The Kier molecular flexibility index (Phi) is 4.26. The van der Waals surface area contributed by atoms with Crippen LogP contribution < -0.4 is 5.73 Å². The summed E-state index contributed by atoms with van der Waals surface area (Å²) in [5, 5.41) is 0. The van der Waals surface area contributed by atoms with Crippen LogP contribution in [0.25, 0.3) is 0 Å². The molecule has 0 aromatic heterocycles. The van der Waals surface area contributed by atoms with Crippen LogP contribution in [0.1, 0.15) is 34.6 Å². The lowest BCUT2D eigenvalue weighted by Gasteiger charge is -2.32. The van der Waals surface area contributed by atoms with Crippen LogP contribution >= 0.6 is 0 Å². The van der Waals surface area contributed by atoms with Gasteiger partial charge < -0.3 is 10.5 Å². The number of primary amides is 1. The van der Waals surface area contributed by atoms with E-state index in [-0.39, 0.29) is 11.9 Å². The third kappa shape index (κ3) is 3.46. The molecule has 4 nitrogen and oxygen atoms in total.